The predicted molar refractivity (Wildman–Crippen MR) is 72.7 cm³/mol. The average molecular weight is 325 g/mol. The molecule has 0 radical (unpaired) electrons. The number of pyridine rings is 1. The Hall–Kier alpha value is -0.840. The maximum absolute atomic E-state index is 5.81. The van der Waals surface area contributed by atoms with E-state index in [9.17, 15) is 0 Å². The van der Waals surface area contributed by atoms with E-state index in [1.807, 2.05) is 12.1 Å². The lowest BCUT2D eigenvalue weighted by atomic mass is 10.2. The van der Waals surface area contributed by atoms with E-state index in [0.717, 1.165) is 27.5 Å². The van der Waals surface area contributed by atoms with Crippen LogP contribution >= 0.6 is 22.6 Å². The zero-order valence-electron chi connectivity index (χ0n) is 8.82. The normalized spacial score (nSPS) is 15.3. The van der Waals surface area contributed by atoms with Gasteiger partial charge < -0.3 is 4.74 Å². The molecular formula is C13H12INO. The van der Waals surface area contributed by atoms with Gasteiger partial charge in [-0.15, -0.1) is 0 Å². The third-order valence-corrected chi connectivity index (χ3v) is 3.38. The highest BCUT2D eigenvalue weighted by Crippen LogP contribution is 2.31. The Labute approximate surface area is 108 Å². The predicted octanol–water partition coefficient (Wildman–Crippen LogP) is 3.63. The highest BCUT2D eigenvalue weighted by Gasteiger charge is 2.22. The lowest BCUT2D eigenvalue weighted by Gasteiger charge is -2.08. The molecule has 1 aromatic heterocycles. The van der Waals surface area contributed by atoms with Crippen LogP contribution in [0, 0.1) is 9.62 Å². The molecule has 82 valence electrons. The number of hydrogen-bond acceptors (Lipinski definition) is 2. The fourth-order valence-corrected chi connectivity index (χ4v) is 2.28. The van der Waals surface area contributed by atoms with Crippen LogP contribution in [0.2, 0.25) is 0 Å². The van der Waals surface area contributed by atoms with Gasteiger partial charge in [-0.3, -0.25) is 0 Å². The van der Waals surface area contributed by atoms with Crippen LogP contribution in [0.1, 0.15) is 12.8 Å². The number of nitrogens with zero attached hydrogens (tertiary/aromatic N) is 1. The van der Waals surface area contributed by atoms with Crippen molar-refractivity contribution in [1.29, 1.82) is 0 Å². The number of aromatic nitrogens is 1. The summed E-state index contributed by atoms with van der Waals surface area (Å²) in [5.74, 6) is 1.55. The van der Waals surface area contributed by atoms with Crippen molar-refractivity contribution < 1.29 is 4.74 Å². The highest BCUT2D eigenvalue weighted by atomic mass is 127. The van der Waals surface area contributed by atoms with E-state index in [2.05, 4.69) is 45.8 Å². The van der Waals surface area contributed by atoms with Gasteiger partial charge in [0, 0.05) is 5.39 Å². The van der Waals surface area contributed by atoms with Gasteiger partial charge >= 0.3 is 0 Å². The van der Waals surface area contributed by atoms with Gasteiger partial charge in [0.2, 0.25) is 5.88 Å². The molecule has 1 fully saturated rings. The number of ether oxygens (including phenoxy) is 1. The van der Waals surface area contributed by atoms with Crippen LogP contribution in [0.4, 0.5) is 0 Å². The standard InChI is InChI=1S/C13H12INO/c14-12-7-10-3-1-2-4-11(10)13(15-12)16-8-9-5-6-9/h1-4,7,9H,5-6,8H2. The second-order valence-corrected chi connectivity index (χ2v) is 5.33. The number of rotatable bonds is 3. The van der Waals surface area contributed by atoms with Gasteiger partial charge in [0.05, 0.1) is 6.61 Å². The first-order valence-electron chi connectivity index (χ1n) is 5.51. The van der Waals surface area contributed by atoms with Crippen molar-refractivity contribution >= 4 is 33.4 Å². The van der Waals surface area contributed by atoms with Crippen LogP contribution in [0.25, 0.3) is 10.8 Å². The molecule has 0 bridgehead atoms. The molecule has 1 aromatic carbocycles. The lowest BCUT2D eigenvalue weighted by molar-refractivity contribution is 0.292. The molecule has 0 amide bonds. The molecule has 2 nitrogen and oxygen atoms in total. The maximum atomic E-state index is 5.81. The van der Waals surface area contributed by atoms with Gasteiger partial charge in [-0.2, -0.15) is 0 Å². The largest absolute Gasteiger partial charge is 0.477 e. The van der Waals surface area contributed by atoms with Crippen molar-refractivity contribution in [3.8, 4) is 5.88 Å². The summed E-state index contributed by atoms with van der Waals surface area (Å²) in [6, 6.07) is 10.3. The summed E-state index contributed by atoms with van der Waals surface area (Å²) in [7, 11) is 0. The van der Waals surface area contributed by atoms with Crippen LogP contribution in [0.15, 0.2) is 30.3 Å². The first kappa shape index (κ1) is 10.3. The molecule has 0 saturated heterocycles. The first-order chi connectivity index (χ1) is 7.83. The van der Waals surface area contributed by atoms with E-state index in [-0.39, 0.29) is 0 Å². The summed E-state index contributed by atoms with van der Waals surface area (Å²) in [5.41, 5.74) is 0. The Morgan fingerprint density at radius 3 is 2.94 bits per heavy atom. The lowest BCUT2D eigenvalue weighted by Crippen LogP contribution is -2.02. The summed E-state index contributed by atoms with van der Waals surface area (Å²) < 4.78 is 6.80. The van der Waals surface area contributed by atoms with Gasteiger partial charge in [-0.05, 0) is 58.9 Å². The van der Waals surface area contributed by atoms with Gasteiger partial charge in [-0.25, -0.2) is 4.98 Å². The smallest absolute Gasteiger partial charge is 0.222 e. The zero-order chi connectivity index (χ0) is 11.0. The zero-order valence-corrected chi connectivity index (χ0v) is 11.0. The Bertz CT molecular complexity index is 522. The number of fused-ring (bicyclic) bond motifs is 1. The molecule has 2 aromatic rings. The molecule has 0 unspecified atom stereocenters. The highest BCUT2D eigenvalue weighted by molar-refractivity contribution is 14.1. The van der Waals surface area contributed by atoms with Crippen LogP contribution < -0.4 is 4.74 Å². The summed E-state index contributed by atoms with van der Waals surface area (Å²) in [6.07, 6.45) is 2.61. The average Bonchev–Trinajstić information content (AvgIpc) is 3.09. The molecule has 3 rings (SSSR count). The summed E-state index contributed by atoms with van der Waals surface area (Å²) in [5, 5.41) is 2.32. The molecule has 0 N–H and O–H groups in total. The Morgan fingerprint density at radius 2 is 2.12 bits per heavy atom. The minimum absolute atomic E-state index is 0.762. The Morgan fingerprint density at radius 1 is 1.31 bits per heavy atom. The number of hydrogen-bond donors (Lipinski definition) is 0. The molecule has 0 spiro atoms. The first-order valence-corrected chi connectivity index (χ1v) is 6.59. The third-order valence-electron chi connectivity index (χ3n) is 2.83. The van der Waals surface area contributed by atoms with E-state index in [1.165, 1.54) is 18.2 Å². The van der Waals surface area contributed by atoms with E-state index in [4.69, 9.17) is 4.74 Å². The summed E-state index contributed by atoms with van der Waals surface area (Å²) in [4.78, 5) is 4.47. The molecule has 1 aliphatic rings. The van der Waals surface area contributed by atoms with Crippen LogP contribution in [-0.4, -0.2) is 11.6 Å². The van der Waals surface area contributed by atoms with Crippen molar-refractivity contribution in [3.63, 3.8) is 0 Å². The molecule has 1 aliphatic carbocycles. The Balaban J connectivity index is 1.99. The van der Waals surface area contributed by atoms with Gasteiger partial charge in [0.15, 0.2) is 0 Å². The molecule has 1 heterocycles. The van der Waals surface area contributed by atoms with Crippen molar-refractivity contribution in [2.45, 2.75) is 12.8 Å². The quantitative estimate of drug-likeness (QED) is 0.635. The number of halogens is 1. The third kappa shape index (κ3) is 2.14. The van der Waals surface area contributed by atoms with E-state index in [0.29, 0.717) is 0 Å². The summed E-state index contributed by atoms with van der Waals surface area (Å²) in [6.45, 7) is 0.817. The molecule has 0 atom stereocenters. The van der Waals surface area contributed by atoms with Crippen LogP contribution in [-0.2, 0) is 0 Å². The summed E-state index contributed by atoms with van der Waals surface area (Å²) >= 11 is 2.24. The minimum Gasteiger partial charge on any atom is -0.477 e. The fraction of sp³-hybridized carbons (Fsp3) is 0.308. The van der Waals surface area contributed by atoms with E-state index in [1.54, 1.807) is 0 Å². The SMILES string of the molecule is Ic1cc2ccccc2c(OCC2CC2)n1. The van der Waals surface area contributed by atoms with Gasteiger partial charge in [0.1, 0.15) is 3.70 Å². The van der Waals surface area contributed by atoms with Crippen molar-refractivity contribution in [3.05, 3.63) is 34.0 Å². The molecule has 0 aliphatic heterocycles. The van der Waals surface area contributed by atoms with E-state index >= 15 is 0 Å². The van der Waals surface area contributed by atoms with Gasteiger partial charge in [0.25, 0.3) is 0 Å². The monoisotopic (exact) mass is 325 g/mol. The van der Waals surface area contributed by atoms with Crippen molar-refractivity contribution in [2.75, 3.05) is 6.61 Å². The molecule has 16 heavy (non-hydrogen) atoms. The van der Waals surface area contributed by atoms with Gasteiger partial charge in [-0.1, -0.05) is 18.2 Å². The second kappa shape index (κ2) is 4.20. The van der Waals surface area contributed by atoms with Crippen molar-refractivity contribution in [1.82, 2.24) is 4.98 Å². The number of benzene rings is 1. The minimum atomic E-state index is 0.762. The van der Waals surface area contributed by atoms with Crippen LogP contribution in [0.5, 0.6) is 5.88 Å². The Kier molecular flexibility index (Phi) is 2.71. The molecule has 3 heteroatoms. The van der Waals surface area contributed by atoms with Crippen LogP contribution in [0.3, 0.4) is 0 Å². The van der Waals surface area contributed by atoms with Crippen molar-refractivity contribution in [2.24, 2.45) is 5.92 Å². The topological polar surface area (TPSA) is 22.1 Å². The molecular weight excluding hydrogens is 313 g/mol. The second-order valence-electron chi connectivity index (χ2n) is 4.23. The fourth-order valence-electron chi connectivity index (χ4n) is 1.73. The molecule has 1 saturated carbocycles. The maximum Gasteiger partial charge on any atom is 0.222 e. The van der Waals surface area contributed by atoms with E-state index < -0.39 is 0 Å².